The molecule has 90 valence electrons. The fourth-order valence-corrected chi connectivity index (χ4v) is 1.93. The van der Waals surface area contributed by atoms with E-state index in [1.54, 1.807) is 25.2 Å². The van der Waals surface area contributed by atoms with E-state index >= 15 is 0 Å². The van der Waals surface area contributed by atoms with Gasteiger partial charge in [0.1, 0.15) is 11.3 Å². The number of pyridine rings is 1. The number of carbonyl (C=O) groups excluding carboxylic acids is 1. The van der Waals surface area contributed by atoms with Crippen LogP contribution in [0.3, 0.4) is 0 Å². The summed E-state index contributed by atoms with van der Waals surface area (Å²) >= 11 is 0. The first kappa shape index (κ1) is 11.6. The lowest BCUT2D eigenvalue weighted by Gasteiger charge is -2.16. The second-order valence-electron chi connectivity index (χ2n) is 4.33. The Bertz CT molecular complexity index is 559. The van der Waals surface area contributed by atoms with Crippen LogP contribution in [0.4, 0.5) is 0 Å². The predicted molar refractivity (Wildman–Crippen MR) is 65.6 cm³/mol. The summed E-state index contributed by atoms with van der Waals surface area (Å²) in [6, 6.07) is 3.75. The monoisotopic (exact) mass is 232 g/mol. The molecule has 0 saturated heterocycles. The third kappa shape index (κ3) is 1.88. The zero-order chi connectivity index (χ0) is 12.6. The van der Waals surface area contributed by atoms with Crippen molar-refractivity contribution in [2.24, 2.45) is 7.05 Å². The summed E-state index contributed by atoms with van der Waals surface area (Å²) in [6.45, 7) is 1.86. The van der Waals surface area contributed by atoms with Crippen molar-refractivity contribution in [1.29, 1.82) is 0 Å². The molecule has 5 nitrogen and oxygen atoms in total. The van der Waals surface area contributed by atoms with Gasteiger partial charge in [-0.05, 0) is 19.1 Å². The number of hydrogen-bond acceptors (Lipinski definition) is 3. The van der Waals surface area contributed by atoms with E-state index in [-0.39, 0.29) is 11.8 Å². The van der Waals surface area contributed by atoms with Gasteiger partial charge in [-0.3, -0.25) is 4.79 Å². The molecule has 0 aliphatic heterocycles. The highest BCUT2D eigenvalue weighted by Crippen LogP contribution is 2.20. The fourth-order valence-electron chi connectivity index (χ4n) is 1.93. The van der Waals surface area contributed by atoms with E-state index in [1.165, 1.54) is 0 Å². The van der Waals surface area contributed by atoms with Crippen LogP contribution < -0.4 is 0 Å². The zero-order valence-corrected chi connectivity index (χ0v) is 10.5. The molecule has 1 atom stereocenters. The van der Waals surface area contributed by atoms with Crippen LogP contribution >= 0.6 is 0 Å². The molecule has 0 aliphatic rings. The van der Waals surface area contributed by atoms with Gasteiger partial charge in [0.2, 0.25) is 5.91 Å². The van der Waals surface area contributed by atoms with E-state index in [1.807, 2.05) is 30.7 Å². The average Bonchev–Trinajstić information content (AvgIpc) is 2.65. The second kappa shape index (κ2) is 4.16. The lowest BCUT2D eigenvalue weighted by atomic mass is 10.1. The molecule has 2 heterocycles. The molecule has 1 amide bonds. The molecular weight excluding hydrogens is 216 g/mol. The smallest absolute Gasteiger partial charge is 0.232 e. The summed E-state index contributed by atoms with van der Waals surface area (Å²) in [5, 5.41) is 0. The predicted octanol–water partition coefficient (Wildman–Crippen LogP) is 1.16. The van der Waals surface area contributed by atoms with E-state index in [0.717, 1.165) is 17.0 Å². The van der Waals surface area contributed by atoms with Crippen molar-refractivity contribution < 1.29 is 4.79 Å². The van der Waals surface area contributed by atoms with E-state index in [9.17, 15) is 4.79 Å². The molecule has 0 bridgehead atoms. The minimum atomic E-state index is -0.260. The van der Waals surface area contributed by atoms with Crippen molar-refractivity contribution in [3.8, 4) is 0 Å². The number of amides is 1. The maximum Gasteiger partial charge on any atom is 0.232 e. The van der Waals surface area contributed by atoms with Gasteiger partial charge in [0.15, 0.2) is 5.65 Å². The SMILES string of the molecule is CC(C(=O)N(C)C)c1nc2cccnc2n1C. The molecule has 0 aromatic carbocycles. The van der Waals surface area contributed by atoms with Gasteiger partial charge in [-0.1, -0.05) is 0 Å². The quantitative estimate of drug-likeness (QED) is 0.780. The third-order valence-electron chi connectivity index (χ3n) is 2.86. The number of nitrogens with zero attached hydrogens (tertiary/aromatic N) is 4. The van der Waals surface area contributed by atoms with E-state index in [2.05, 4.69) is 9.97 Å². The molecular formula is C12H16N4O. The van der Waals surface area contributed by atoms with Crippen LogP contribution in [0.15, 0.2) is 18.3 Å². The minimum Gasteiger partial charge on any atom is -0.348 e. The molecule has 2 rings (SSSR count). The number of rotatable bonds is 2. The van der Waals surface area contributed by atoms with Crippen molar-refractivity contribution >= 4 is 17.1 Å². The van der Waals surface area contributed by atoms with E-state index < -0.39 is 0 Å². The molecule has 2 aromatic heterocycles. The molecule has 0 saturated carbocycles. The van der Waals surface area contributed by atoms with Gasteiger partial charge in [0.05, 0.1) is 5.92 Å². The Hall–Kier alpha value is -1.91. The van der Waals surface area contributed by atoms with Gasteiger partial charge in [-0.25, -0.2) is 9.97 Å². The van der Waals surface area contributed by atoms with Gasteiger partial charge in [-0.15, -0.1) is 0 Å². The zero-order valence-electron chi connectivity index (χ0n) is 10.5. The van der Waals surface area contributed by atoms with Gasteiger partial charge < -0.3 is 9.47 Å². The molecule has 0 spiro atoms. The first-order valence-electron chi connectivity index (χ1n) is 5.51. The highest BCUT2D eigenvalue weighted by Gasteiger charge is 2.22. The van der Waals surface area contributed by atoms with Gasteiger partial charge >= 0.3 is 0 Å². The Labute approximate surface area is 100 Å². The van der Waals surface area contributed by atoms with Crippen molar-refractivity contribution in [1.82, 2.24) is 19.4 Å². The highest BCUT2D eigenvalue weighted by molar-refractivity contribution is 5.83. The Morgan fingerprint density at radius 1 is 1.47 bits per heavy atom. The summed E-state index contributed by atoms with van der Waals surface area (Å²) in [7, 11) is 5.39. The number of hydrogen-bond donors (Lipinski definition) is 0. The van der Waals surface area contributed by atoms with Crippen molar-refractivity contribution in [2.45, 2.75) is 12.8 Å². The Morgan fingerprint density at radius 3 is 2.76 bits per heavy atom. The normalized spacial score (nSPS) is 12.7. The van der Waals surface area contributed by atoms with E-state index in [0.29, 0.717) is 0 Å². The van der Waals surface area contributed by atoms with Gasteiger partial charge in [0, 0.05) is 27.3 Å². The van der Waals surface area contributed by atoms with Gasteiger partial charge in [-0.2, -0.15) is 0 Å². The average molecular weight is 232 g/mol. The summed E-state index contributed by atoms with van der Waals surface area (Å²) in [4.78, 5) is 22.2. The van der Waals surface area contributed by atoms with Gasteiger partial charge in [0.25, 0.3) is 0 Å². The molecule has 1 unspecified atom stereocenters. The van der Waals surface area contributed by atoms with Crippen LogP contribution in [0.25, 0.3) is 11.2 Å². The topological polar surface area (TPSA) is 51.0 Å². The largest absolute Gasteiger partial charge is 0.348 e. The molecule has 0 radical (unpaired) electrons. The Balaban J connectivity index is 2.49. The first-order chi connectivity index (χ1) is 8.02. The number of aryl methyl sites for hydroxylation is 1. The highest BCUT2D eigenvalue weighted by atomic mass is 16.2. The van der Waals surface area contributed by atoms with Crippen LogP contribution in [-0.4, -0.2) is 39.4 Å². The maximum absolute atomic E-state index is 11.9. The molecule has 0 N–H and O–H groups in total. The van der Waals surface area contributed by atoms with Crippen LogP contribution in [0.5, 0.6) is 0 Å². The second-order valence-corrected chi connectivity index (χ2v) is 4.33. The number of aromatic nitrogens is 3. The number of carbonyl (C=O) groups is 1. The molecule has 0 fully saturated rings. The lowest BCUT2D eigenvalue weighted by molar-refractivity contribution is -0.130. The number of likely N-dealkylation sites (N-methyl/N-ethyl adjacent to an activating group) is 1. The van der Waals surface area contributed by atoms with Crippen molar-refractivity contribution in [3.63, 3.8) is 0 Å². The fraction of sp³-hybridized carbons (Fsp3) is 0.417. The van der Waals surface area contributed by atoms with E-state index in [4.69, 9.17) is 0 Å². The first-order valence-corrected chi connectivity index (χ1v) is 5.51. The van der Waals surface area contributed by atoms with Crippen LogP contribution in [0.2, 0.25) is 0 Å². The summed E-state index contributed by atoms with van der Waals surface area (Å²) in [5.41, 5.74) is 1.63. The molecule has 0 aliphatic carbocycles. The molecule has 17 heavy (non-hydrogen) atoms. The number of fused-ring (bicyclic) bond motifs is 1. The summed E-state index contributed by atoms with van der Waals surface area (Å²) in [5.74, 6) is 0.532. The molecule has 2 aromatic rings. The van der Waals surface area contributed by atoms with Crippen LogP contribution in [0.1, 0.15) is 18.7 Å². The van der Waals surface area contributed by atoms with Crippen molar-refractivity contribution in [2.75, 3.05) is 14.1 Å². The van der Waals surface area contributed by atoms with Crippen LogP contribution in [0, 0.1) is 0 Å². The third-order valence-corrected chi connectivity index (χ3v) is 2.86. The number of imidazole rings is 1. The maximum atomic E-state index is 11.9. The standard InChI is InChI=1S/C12H16N4O/c1-8(12(17)15(2)3)10-14-9-6-5-7-13-11(9)16(10)4/h5-8H,1-4H3. The van der Waals surface area contributed by atoms with Crippen LogP contribution in [-0.2, 0) is 11.8 Å². The molecule has 5 heteroatoms. The minimum absolute atomic E-state index is 0.0448. The van der Waals surface area contributed by atoms with Crippen molar-refractivity contribution in [3.05, 3.63) is 24.2 Å². The summed E-state index contributed by atoms with van der Waals surface area (Å²) < 4.78 is 1.88. The lowest BCUT2D eigenvalue weighted by Crippen LogP contribution is -2.28. The Kier molecular flexibility index (Phi) is 2.83. The summed E-state index contributed by atoms with van der Waals surface area (Å²) in [6.07, 6.45) is 1.73. The Morgan fingerprint density at radius 2 is 2.18 bits per heavy atom.